The standard InChI is InChI=1S/C11H10Cl2N2O3/c12-6-1-2-9(7(13)5-6)15-4-3-8(10(15)16)14-11(17)18/h1-2,5,8,14H,3-4H2,(H,17,18)/t8-/m0/s1. The molecule has 2 N–H and O–H groups in total. The molecular weight excluding hydrogens is 279 g/mol. The van der Waals surface area contributed by atoms with Crippen LogP contribution in [0.5, 0.6) is 0 Å². The number of carboxylic acid groups (broad SMARTS) is 1. The van der Waals surface area contributed by atoms with Gasteiger partial charge in [0, 0.05) is 11.6 Å². The van der Waals surface area contributed by atoms with Crippen LogP contribution in [0.15, 0.2) is 18.2 Å². The molecule has 2 rings (SSSR count). The number of rotatable bonds is 2. The highest BCUT2D eigenvalue weighted by atomic mass is 35.5. The minimum absolute atomic E-state index is 0.304. The molecule has 0 spiro atoms. The van der Waals surface area contributed by atoms with Gasteiger partial charge in [-0.05, 0) is 24.6 Å². The van der Waals surface area contributed by atoms with E-state index in [4.69, 9.17) is 28.3 Å². The van der Waals surface area contributed by atoms with Crippen molar-refractivity contribution in [2.75, 3.05) is 11.4 Å². The Labute approximate surface area is 113 Å². The van der Waals surface area contributed by atoms with Crippen LogP contribution >= 0.6 is 23.2 Å². The Morgan fingerprint density at radius 3 is 2.78 bits per heavy atom. The third-order valence-corrected chi connectivity index (χ3v) is 3.24. The summed E-state index contributed by atoms with van der Waals surface area (Å²) in [7, 11) is 0. The molecule has 1 aliphatic heterocycles. The predicted molar refractivity (Wildman–Crippen MR) is 68.4 cm³/mol. The number of anilines is 1. The number of nitrogens with one attached hydrogen (secondary N) is 1. The molecule has 18 heavy (non-hydrogen) atoms. The number of hydrogen-bond acceptors (Lipinski definition) is 2. The molecule has 2 amide bonds. The largest absolute Gasteiger partial charge is 0.465 e. The lowest BCUT2D eigenvalue weighted by Gasteiger charge is -2.18. The summed E-state index contributed by atoms with van der Waals surface area (Å²) >= 11 is 11.8. The topological polar surface area (TPSA) is 69.6 Å². The number of carbonyl (C=O) groups is 2. The molecule has 7 heteroatoms. The summed E-state index contributed by atoms with van der Waals surface area (Å²) in [5.41, 5.74) is 0.542. The molecule has 1 heterocycles. The van der Waals surface area contributed by atoms with Crippen LogP contribution in [0.1, 0.15) is 6.42 Å². The molecule has 1 fully saturated rings. The fourth-order valence-electron chi connectivity index (χ4n) is 1.90. The third kappa shape index (κ3) is 2.52. The van der Waals surface area contributed by atoms with Crippen LogP contribution in [0, 0.1) is 0 Å². The maximum atomic E-state index is 12.0. The van der Waals surface area contributed by atoms with E-state index in [0.717, 1.165) is 0 Å². The van der Waals surface area contributed by atoms with E-state index in [9.17, 15) is 9.59 Å². The van der Waals surface area contributed by atoms with E-state index in [2.05, 4.69) is 5.32 Å². The second kappa shape index (κ2) is 5.04. The van der Waals surface area contributed by atoms with Gasteiger partial charge < -0.3 is 15.3 Å². The van der Waals surface area contributed by atoms with Crippen molar-refractivity contribution in [3.8, 4) is 0 Å². The van der Waals surface area contributed by atoms with Gasteiger partial charge in [0.05, 0.1) is 10.7 Å². The van der Waals surface area contributed by atoms with Crippen molar-refractivity contribution in [2.24, 2.45) is 0 Å². The number of hydrogen-bond donors (Lipinski definition) is 2. The average Bonchev–Trinajstić information content (AvgIpc) is 2.60. The van der Waals surface area contributed by atoms with Crippen LogP contribution < -0.4 is 10.2 Å². The molecule has 96 valence electrons. The maximum Gasteiger partial charge on any atom is 0.405 e. The molecule has 0 unspecified atom stereocenters. The van der Waals surface area contributed by atoms with E-state index in [1.165, 1.54) is 4.90 Å². The Balaban J connectivity index is 2.20. The molecule has 5 nitrogen and oxygen atoms in total. The van der Waals surface area contributed by atoms with Crippen molar-refractivity contribution in [1.82, 2.24) is 5.32 Å². The van der Waals surface area contributed by atoms with Gasteiger partial charge in [0.25, 0.3) is 0 Å². The smallest absolute Gasteiger partial charge is 0.405 e. The average molecular weight is 289 g/mol. The van der Waals surface area contributed by atoms with Gasteiger partial charge in [0.2, 0.25) is 5.91 Å². The molecular formula is C11H10Cl2N2O3. The van der Waals surface area contributed by atoms with Crippen molar-refractivity contribution >= 4 is 40.9 Å². The highest BCUT2D eigenvalue weighted by molar-refractivity contribution is 6.36. The van der Waals surface area contributed by atoms with Gasteiger partial charge in [-0.15, -0.1) is 0 Å². The second-order valence-corrected chi connectivity index (χ2v) is 4.72. The third-order valence-electron chi connectivity index (χ3n) is 2.70. The second-order valence-electron chi connectivity index (χ2n) is 3.88. The predicted octanol–water partition coefficient (Wildman–Crippen LogP) is 2.37. The van der Waals surface area contributed by atoms with Crippen LogP contribution in [0.25, 0.3) is 0 Å². The van der Waals surface area contributed by atoms with Crippen molar-refractivity contribution in [3.63, 3.8) is 0 Å². The van der Waals surface area contributed by atoms with Gasteiger partial charge in [0.15, 0.2) is 0 Å². The number of carbonyl (C=O) groups excluding carboxylic acids is 1. The van der Waals surface area contributed by atoms with Crippen LogP contribution in [0.2, 0.25) is 10.0 Å². The van der Waals surface area contributed by atoms with Gasteiger partial charge >= 0.3 is 6.09 Å². The van der Waals surface area contributed by atoms with Gasteiger partial charge in [0.1, 0.15) is 6.04 Å². The summed E-state index contributed by atoms with van der Waals surface area (Å²) in [6.07, 6.45) is -0.790. The molecule has 0 bridgehead atoms. The quantitative estimate of drug-likeness (QED) is 0.878. The Kier molecular flexibility index (Phi) is 3.63. The van der Waals surface area contributed by atoms with E-state index < -0.39 is 12.1 Å². The summed E-state index contributed by atoms with van der Waals surface area (Å²) in [5, 5.41) is 11.6. The first-order valence-corrected chi connectivity index (χ1v) is 6.00. The molecule has 1 aromatic rings. The molecule has 0 aliphatic carbocycles. The van der Waals surface area contributed by atoms with Crippen LogP contribution in [0.4, 0.5) is 10.5 Å². The molecule has 0 aromatic heterocycles. The lowest BCUT2D eigenvalue weighted by atomic mass is 10.2. The summed E-state index contributed by atoms with van der Waals surface area (Å²) in [4.78, 5) is 24.0. The Bertz CT molecular complexity index is 507. The minimum atomic E-state index is -1.21. The number of benzene rings is 1. The van der Waals surface area contributed by atoms with Crippen LogP contribution in [-0.4, -0.2) is 29.7 Å². The molecule has 1 aliphatic rings. The summed E-state index contributed by atoms with van der Waals surface area (Å²) in [6.45, 7) is 0.422. The minimum Gasteiger partial charge on any atom is -0.465 e. The van der Waals surface area contributed by atoms with E-state index >= 15 is 0 Å². The molecule has 1 atom stereocenters. The van der Waals surface area contributed by atoms with Gasteiger partial charge in [-0.2, -0.15) is 0 Å². The SMILES string of the molecule is O=C(O)N[C@H]1CCN(c2ccc(Cl)cc2Cl)C1=O. The molecule has 1 aromatic carbocycles. The molecule has 1 saturated heterocycles. The number of nitrogens with zero attached hydrogens (tertiary/aromatic N) is 1. The lowest BCUT2D eigenvalue weighted by molar-refractivity contribution is -0.118. The Morgan fingerprint density at radius 1 is 1.44 bits per heavy atom. The zero-order valence-electron chi connectivity index (χ0n) is 9.19. The van der Waals surface area contributed by atoms with Crippen molar-refractivity contribution in [2.45, 2.75) is 12.5 Å². The van der Waals surface area contributed by atoms with Gasteiger partial charge in [-0.3, -0.25) is 4.79 Å². The first-order valence-electron chi connectivity index (χ1n) is 5.25. The normalized spacial score (nSPS) is 19.1. The lowest BCUT2D eigenvalue weighted by Crippen LogP contribution is -2.40. The van der Waals surface area contributed by atoms with Crippen molar-refractivity contribution in [3.05, 3.63) is 28.2 Å². The van der Waals surface area contributed by atoms with E-state index in [1.807, 2.05) is 0 Å². The molecule has 0 saturated carbocycles. The van der Waals surface area contributed by atoms with E-state index in [0.29, 0.717) is 28.7 Å². The highest BCUT2D eigenvalue weighted by Gasteiger charge is 2.34. The fourth-order valence-corrected chi connectivity index (χ4v) is 2.41. The monoisotopic (exact) mass is 288 g/mol. The van der Waals surface area contributed by atoms with Gasteiger partial charge in [-0.1, -0.05) is 23.2 Å². The maximum absolute atomic E-state index is 12.0. The van der Waals surface area contributed by atoms with Gasteiger partial charge in [-0.25, -0.2) is 4.79 Å². The van der Waals surface area contributed by atoms with E-state index in [-0.39, 0.29) is 5.91 Å². The van der Waals surface area contributed by atoms with Crippen LogP contribution in [0.3, 0.4) is 0 Å². The zero-order chi connectivity index (χ0) is 13.3. The number of amides is 2. The molecule has 0 radical (unpaired) electrons. The summed E-state index contributed by atoms with van der Waals surface area (Å²) in [6, 6.07) is 4.11. The van der Waals surface area contributed by atoms with Crippen molar-refractivity contribution < 1.29 is 14.7 Å². The highest BCUT2D eigenvalue weighted by Crippen LogP contribution is 2.31. The van der Waals surface area contributed by atoms with E-state index in [1.54, 1.807) is 18.2 Å². The summed E-state index contributed by atoms with van der Waals surface area (Å²) < 4.78 is 0. The summed E-state index contributed by atoms with van der Waals surface area (Å²) in [5.74, 6) is -0.304. The first kappa shape index (κ1) is 13.0. The Hall–Kier alpha value is -1.46. The van der Waals surface area contributed by atoms with Crippen LogP contribution in [-0.2, 0) is 4.79 Å². The first-order chi connectivity index (χ1) is 8.49. The zero-order valence-corrected chi connectivity index (χ0v) is 10.7. The van der Waals surface area contributed by atoms with Crippen molar-refractivity contribution in [1.29, 1.82) is 0 Å². The fraction of sp³-hybridized carbons (Fsp3) is 0.273. The number of halogens is 2. The Morgan fingerprint density at radius 2 is 2.17 bits per heavy atom.